The number of rotatable bonds is 2. The quantitative estimate of drug-likeness (QED) is 0.698. The lowest BCUT2D eigenvalue weighted by molar-refractivity contribution is 0.834. The maximum atomic E-state index is 5.81. The van der Waals surface area contributed by atoms with Gasteiger partial charge in [-0.3, -0.25) is 0 Å². The molecule has 0 heterocycles. The minimum absolute atomic E-state index is 0.729. The van der Waals surface area contributed by atoms with Gasteiger partial charge in [-0.1, -0.05) is 17.7 Å². The van der Waals surface area contributed by atoms with E-state index < -0.39 is 0 Å². The van der Waals surface area contributed by atoms with Crippen molar-refractivity contribution in [3.05, 3.63) is 28.8 Å². The van der Waals surface area contributed by atoms with Crippen molar-refractivity contribution in [2.45, 2.75) is 19.3 Å². The zero-order valence-electron chi connectivity index (χ0n) is 6.89. The minimum Gasteiger partial charge on any atom is -0.398 e. The molecule has 1 saturated carbocycles. The van der Waals surface area contributed by atoms with Gasteiger partial charge >= 0.3 is 0 Å². The van der Waals surface area contributed by atoms with Crippen LogP contribution >= 0.6 is 11.6 Å². The molecule has 64 valence electrons. The largest absolute Gasteiger partial charge is 0.398 e. The van der Waals surface area contributed by atoms with E-state index in [9.17, 15) is 0 Å². The maximum absolute atomic E-state index is 5.81. The molecule has 1 aliphatic rings. The SMILES string of the molecule is Nc1cc(Cl)ccc1CC1CC1. The number of nitrogen functional groups attached to an aromatic ring is 1. The lowest BCUT2D eigenvalue weighted by atomic mass is 10.1. The summed E-state index contributed by atoms with van der Waals surface area (Å²) in [5.41, 5.74) is 7.91. The Labute approximate surface area is 77.5 Å². The second-order valence-electron chi connectivity index (χ2n) is 3.49. The second-order valence-corrected chi connectivity index (χ2v) is 3.93. The van der Waals surface area contributed by atoms with E-state index in [0.717, 1.165) is 23.0 Å². The molecule has 1 aromatic carbocycles. The predicted molar refractivity (Wildman–Crippen MR) is 52.3 cm³/mol. The summed E-state index contributed by atoms with van der Waals surface area (Å²) in [6, 6.07) is 5.78. The van der Waals surface area contributed by atoms with Crippen molar-refractivity contribution in [2.75, 3.05) is 5.73 Å². The van der Waals surface area contributed by atoms with Crippen LogP contribution in [0, 0.1) is 5.92 Å². The number of hydrogen-bond acceptors (Lipinski definition) is 1. The molecular weight excluding hydrogens is 170 g/mol. The summed E-state index contributed by atoms with van der Waals surface area (Å²) >= 11 is 5.79. The van der Waals surface area contributed by atoms with Crippen LogP contribution in [0.15, 0.2) is 18.2 Å². The average Bonchev–Trinajstić information content (AvgIpc) is 2.79. The van der Waals surface area contributed by atoms with Gasteiger partial charge in [0.05, 0.1) is 0 Å². The molecule has 1 aliphatic carbocycles. The highest BCUT2D eigenvalue weighted by Crippen LogP contribution is 2.34. The molecule has 0 bridgehead atoms. The van der Waals surface area contributed by atoms with Crippen molar-refractivity contribution < 1.29 is 0 Å². The fourth-order valence-corrected chi connectivity index (χ4v) is 1.57. The highest BCUT2D eigenvalue weighted by atomic mass is 35.5. The number of hydrogen-bond donors (Lipinski definition) is 1. The molecule has 0 radical (unpaired) electrons. The monoisotopic (exact) mass is 181 g/mol. The molecule has 2 heteroatoms. The molecule has 2 rings (SSSR count). The Balaban J connectivity index is 2.18. The first-order valence-corrected chi connectivity index (χ1v) is 4.67. The number of benzene rings is 1. The Morgan fingerprint density at radius 3 is 2.75 bits per heavy atom. The van der Waals surface area contributed by atoms with E-state index in [2.05, 4.69) is 0 Å². The van der Waals surface area contributed by atoms with E-state index in [-0.39, 0.29) is 0 Å². The van der Waals surface area contributed by atoms with Gasteiger partial charge in [-0.25, -0.2) is 0 Å². The van der Waals surface area contributed by atoms with Crippen molar-refractivity contribution >= 4 is 17.3 Å². The van der Waals surface area contributed by atoms with Gasteiger partial charge in [0, 0.05) is 10.7 Å². The molecule has 0 saturated heterocycles. The third-order valence-corrected chi connectivity index (χ3v) is 2.55. The van der Waals surface area contributed by atoms with Crippen LogP contribution in [0.3, 0.4) is 0 Å². The zero-order chi connectivity index (χ0) is 8.55. The fourth-order valence-electron chi connectivity index (χ4n) is 1.38. The Kier molecular flexibility index (Phi) is 1.97. The van der Waals surface area contributed by atoms with Crippen LogP contribution in [0.4, 0.5) is 5.69 Å². The summed E-state index contributed by atoms with van der Waals surface area (Å²) in [7, 11) is 0. The first-order chi connectivity index (χ1) is 5.75. The molecule has 0 aliphatic heterocycles. The van der Waals surface area contributed by atoms with Crippen LogP contribution in [0.25, 0.3) is 0 Å². The van der Waals surface area contributed by atoms with Crippen molar-refractivity contribution in [2.24, 2.45) is 5.92 Å². The maximum Gasteiger partial charge on any atom is 0.0426 e. The van der Waals surface area contributed by atoms with Gasteiger partial charge < -0.3 is 5.73 Å². The Morgan fingerprint density at radius 1 is 1.42 bits per heavy atom. The second kappa shape index (κ2) is 2.98. The minimum atomic E-state index is 0.729. The van der Waals surface area contributed by atoms with Gasteiger partial charge in [0.15, 0.2) is 0 Å². The summed E-state index contributed by atoms with van der Waals surface area (Å²) in [4.78, 5) is 0. The third-order valence-electron chi connectivity index (χ3n) is 2.31. The molecule has 1 fully saturated rings. The molecular formula is C10H12ClN. The van der Waals surface area contributed by atoms with Crippen LogP contribution < -0.4 is 5.73 Å². The Hall–Kier alpha value is -0.690. The molecule has 2 N–H and O–H groups in total. The van der Waals surface area contributed by atoms with Gasteiger partial charge in [-0.2, -0.15) is 0 Å². The van der Waals surface area contributed by atoms with E-state index in [1.807, 2.05) is 18.2 Å². The van der Waals surface area contributed by atoms with E-state index >= 15 is 0 Å². The highest BCUT2D eigenvalue weighted by molar-refractivity contribution is 6.30. The standard InChI is InChI=1S/C10H12ClN/c11-9-4-3-8(10(12)6-9)5-7-1-2-7/h3-4,6-7H,1-2,5,12H2. The normalized spacial score (nSPS) is 16.4. The molecule has 1 aromatic rings. The lowest BCUT2D eigenvalue weighted by Gasteiger charge is -2.03. The van der Waals surface area contributed by atoms with Crippen molar-refractivity contribution in [3.63, 3.8) is 0 Å². The summed E-state index contributed by atoms with van der Waals surface area (Å²) < 4.78 is 0. The third kappa shape index (κ3) is 1.72. The molecule has 1 nitrogen and oxygen atoms in total. The van der Waals surface area contributed by atoms with Gasteiger partial charge in [-0.15, -0.1) is 0 Å². The molecule has 12 heavy (non-hydrogen) atoms. The predicted octanol–water partition coefficient (Wildman–Crippen LogP) is 2.87. The first kappa shape index (κ1) is 7.93. The molecule has 0 amide bonds. The lowest BCUT2D eigenvalue weighted by Crippen LogP contribution is -1.95. The summed E-state index contributed by atoms with van der Waals surface area (Å²) in [5.74, 6) is 0.883. The molecule has 0 unspecified atom stereocenters. The topological polar surface area (TPSA) is 26.0 Å². The van der Waals surface area contributed by atoms with Crippen LogP contribution in [-0.2, 0) is 6.42 Å². The van der Waals surface area contributed by atoms with E-state index in [4.69, 9.17) is 17.3 Å². The van der Waals surface area contributed by atoms with Crippen molar-refractivity contribution in [1.29, 1.82) is 0 Å². The molecule has 0 aromatic heterocycles. The summed E-state index contributed by atoms with van der Waals surface area (Å²) in [5, 5.41) is 0.729. The first-order valence-electron chi connectivity index (χ1n) is 4.29. The van der Waals surface area contributed by atoms with Crippen LogP contribution in [0.1, 0.15) is 18.4 Å². The van der Waals surface area contributed by atoms with E-state index in [0.29, 0.717) is 0 Å². The fraction of sp³-hybridized carbons (Fsp3) is 0.400. The average molecular weight is 182 g/mol. The summed E-state index contributed by atoms with van der Waals surface area (Å²) in [6.07, 6.45) is 3.85. The van der Waals surface area contributed by atoms with Crippen LogP contribution in [0.2, 0.25) is 5.02 Å². The van der Waals surface area contributed by atoms with E-state index in [1.165, 1.54) is 18.4 Å². The zero-order valence-corrected chi connectivity index (χ0v) is 7.64. The number of anilines is 1. The number of halogens is 1. The van der Waals surface area contributed by atoms with Crippen LogP contribution in [0.5, 0.6) is 0 Å². The molecule has 0 atom stereocenters. The Morgan fingerprint density at radius 2 is 2.17 bits per heavy atom. The van der Waals surface area contributed by atoms with Crippen molar-refractivity contribution in [3.8, 4) is 0 Å². The van der Waals surface area contributed by atoms with Gasteiger partial charge in [0.25, 0.3) is 0 Å². The van der Waals surface area contributed by atoms with Crippen molar-refractivity contribution in [1.82, 2.24) is 0 Å². The van der Waals surface area contributed by atoms with Crippen LogP contribution in [-0.4, -0.2) is 0 Å². The molecule has 0 spiro atoms. The number of nitrogens with two attached hydrogens (primary N) is 1. The van der Waals surface area contributed by atoms with Gasteiger partial charge in [0.1, 0.15) is 0 Å². The Bertz CT molecular complexity index is 292. The smallest absolute Gasteiger partial charge is 0.0426 e. The van der Waals surface area contributed by atoms with Gasteiger partial charge in [0.2, 0.25) is 0 Å². The van der Waals surface area contributed by atoms with E-state index in [1.54, 1.807) is 0 Å². The highest BCUT2D eigenvalue weighted by Gasteiger charge is 2.22. The van der Waals surface area contributed by atoms with Gasteiger partial charge in [-0.05, 0) is 42.9 Å². The summed E-state index contributed by atoms with van der Waals surface area (Å²) in [6.45, 7) is 0.